The zero-order valence-electron chi connectivity index (χ0n) is 16.4. The number of Topliss-reactive ketones (excluding diaryl/α,β-unsaturated/α-hetero) is 1. The minimum absolute atomic E-state index is 0.232. The van der Waals surface area contributed by atoms with E-state index in [1.807, 2.05) is 60.7 Å². The number of ether oxygens (including phenoxy) is 3. The minimum Gasteiger partial charge on any atom is -0.485 e. The van der Waals surface area contributed by atoms with Crippen LogP contribution in [0, 0.1) is 0 Å². The van der Waals surface area contributed by atoms with E-state index >= 15 is 0 Å². The molecule has 1 unspecified atom stereocenters. The molecule has 3 rings (SSSR count). The Kier molecular flexibility index (Phi) is 7.46. The van der Waals surface area contributed by atoms with Crippen molar-refractivity contribution in [1.82, 2.24) is 0 Å². The molecule has 1 atom stereocenters. The molecule has 0 radical (unpaired) electrons. The predicted molar refractivity (Wildman–Crippen MR) is 114 cm³/mol. The van der Waals surface area contributed by atoms with Gasteiger partial charge in [0.05, 0.1) is 7.11 Å². The van der Waals surface area contributed by atoms with E-state index in [1.165, 1.54) is 13.2 Å². The lowest BCUT2D eigenvalue weighted by Crippen LogP contribution is -2.26. The lowest BCUT2D eigenvalue weighted by molar-refractivity contribution is -0.139. The summed E-state index contributed by atoms with van der Waals surface area (Å²) in [5.74, 6) is -0.509. The first-order valence-electron chi connectivity index (χ1n) is 9.32. The average molecular weight is 425 g/mol. The fourth-order valence-corrected chi connectivity index (χ4v) is 2.94. The maximum Gasteiger partial charge on any atom is 0.331 e. The Bertz CT molecular complexity index is 989. The van der Waals surface area contributed by atoms with Gasteiger partial charge in [-0.15, -0.1) is 11.6 Å². The highest BCUT2D eigenvalue weighted by Crippen LogP contribution is 2.31. The van der Waals surface area contributed by atoms with E-state index in [4.69, 9.17) is 21.1 Å². The summed E-state index contributed by atoms with van der Waals surface area (Å²) >= 11 is 5.93. The maximum atomic E-state index is 12.5. The van der Waals surface area contributed by atoms with Gasteiger partial charge in [-0.2, -0.15) is 0 Å². The standard InChI is InChI=1S/C24H21ClO5/c1-28-24(27)22(25)23(26)19-12-13-20(29-15-17-8-4-2-5-9-17)21(14-19)30-16-18-10-6-3-7-11-18/h2-14,22H,15-16H2,1H3. The van der Waals surface area contributed by atoms with Crippen molar-refractivity contribution in [3.8, 4) is 11.5 Å². The van der Waals surface area contributed by atoms with Crippen LogP contribution >= 0.6 is 11.6 Å². The third kappa shape index (κ3) is 5.61. The summed E-state index contributed by atoms with van der Waals surface area (Å²) in [6, 6.07) is 24.1. The number of methoxy groups -OCH3 is 1. The molecule has 0 fully saturated rings. The molecule has 30 heavy (non-hydrogen) atoms. The van der Waals surface area contributed by atoms with Gasteiger partial charge >= 0.3 is 5.97 Å². The van der Waals surface area contributed by atoms with Gasteiger partial charge < -0.3 is 14.2 Å². The van der Waals surface area contributed by atoms with Gasteiger partial charge in [-0.1, -0.05) is 60.7 Å². The molecule has 154 valence electrons. The van der Waals surface area contributed by atoms with Crippen LogP contribution in [0.3, 0.4) is 0 Å². The zero-order valence-corrected chi connectivity index (χ0v) is 17.2. The number of rotatable bonds is 9. The smallest absolute Gasteiger partial charge is 0.331 e. The van der Waals surface area contributed by atoms with Gasteiger partial charge in [0.25, 0.3) is 0 Å². The van der Waals surface area contributed by atoms with Gasteiger partial charge in [-0.3, -0.25) is 4.79 Å². The Morgan fingerprint density at radius 1 is 0.800 bits per heavy atom. The number of benzene rings is 3. The number of alkyl halides is 1. The monoisotopic (exact) mass is 424 g/mol. The Balaban J connectivity index is 1.82. The summed E-state index contributed by atoms with van der Waals surface area (Å²) in [5, 5.41) is -1.42. The van der Waals surface area contributed by atoms with E-state index in [1.54, 1.807) is 12.1 Å². The molecule has 0 aromatic heterocycles. The molecule has 3 aromatic rings. The van der Waals surface area contributed by atoms with Crippen molar-refractivity contribution in [2.45, 2.75) is 18.6 Å². The molecule has 0 bridgehead atoms. The summed E-state index contributed by atoms with van der Waals surface area (Å²) < 4.78 is 16.4. The first-order valence-corrected chi connectivity index (χ1v) is 9.75. The molecule has 0 aliphatic carbocycles. The van der Waals surface area contributed by atoms with Crippen LogP contribution in [0.2, 0.25) is 0 Å². The number of hydrogen-bond acceptors (Lipinski definition) is 5. The summed E-state index contributed by atoms with van der Waals surface area (Å²) in [7, 11) is 1.18. The Labute approximate surface area is 180 Å². The highest BCUT2D eigenvalue weighted by molar-refractivity contribution is 6.43. The second-order valence-electron chi connectivity index (χ2n) is 6.46. The molecule has 0 amide bonds. The molecule has 0 aliphatic rings. The fourth-order valence-electron chi connectivity index (χ4n) is 2.72. The number of carbonyl (C=O) groups is 2. The molecule has 0 saturated heterocycles. The number of halogens is 1. The zero-order chi connectivity index (χ0) is 21.3. The molecule has 3 aromatic carbocycles. The first-order chi connectivity index (χ1) is 14.6. The topological polar surface area (TPSA) is 61.8 Å². The van der Waals surface area contributed by atoms with Crippen LogP contribution in [0.15, 0.2) is 78.9 Å². The van der Waals surface area contributed by atoms with E-state index < -0.39 is 17.1 Å². The molecule has 0 spiro atoms. The largest absolute Gasteiger partial charge is 0.485 e. The quantitative estimate of drug-likeness (QED) is 0.213. The Morgan fingerprint density at radius 2 is 1.33 bits per heavy atom. The third-order valence-electron chi connectivity index (χ3n) is 4.34. The van der Waals surface area contributed by atoms with Gasteiger partial charge in [0.15, 0.2) is 22.7 Å². The van der Waals surface area contributed by atoms with Crippen LogP contribution < -0.4 is 9.47 Å². The highest BCUT2D eigenvalue weighted by atomic mass is 35.5. The third-order valence-corrected chi connectivity index (χ3v) is 4.72. The Hall–Kier alpha value is -3.31. The highest BCUT2D eigenvalue weighted by Gasteiger charge is 2.27. The van der Waals surface area contributed by atoms with Gasteiger partial charge in [0.2, 0.25) is 0 Å². The average Bonchev–Trinajstić information content (AvgIpc) is 2.81. The SMILES string of the molecule is COC(=O)C(Cl)C(=O)c1ccc(OCc2ccccc2)c(OCc2ccccc2)c1. The lowest BCUT2D eigenvalue weighted by atomic mass is 10.1. The van der Waals surface area contributed by atoms with E-state index in [2.05, 4.69) is 4.74 Å². The normalized spacial score (nSPS) is 11.4. The molecule has 0 N–H and O–H groups in total. The molecule has 0 aliphatic heterocycles. The fraction of sp³-hybridized carbons (Fsp3) is 0.167. The van der Waals surface area contributed by atoms with Crippen LogP contribution in [-0.2, 0) is 22.7 Å². The van der Waals surface area contributed by atoms with Crippen molar-refractivity contribution < 1.29 is 23.8 Å². The van der Waals surface area contributed by atoms with Crippen LogP contribution in [0.5, 0.6) is 11.5 Å². The summed E-state index contributed by atoms with van der Waals surface area (Å²) in [6.07, 6.45) is 0. The van der Waals surface area contributed by atoms with E-state index in [9.17, 15) is 9.59 Å². The van der Waals surface area contributed by atoms with Crippen LogP contribution in [0.1, 0.15) is 21.5 Å². The van der Waals surface area contributed by atoms with Gasteiger partial charge in [-0.05, 0) is 29.3 Å². The van der Waals surface area contributed by atoms with Crippen molar-refractivity contribution in [2.24, 2.45) is 0 Å². The summed E-state index contributed by atoms with van der Waals surface area (Å²) in [6.45, 7) is 0.637. The van der Waals surface area contributed by atoms with Crippen LogP contribution in [0.4, 0.5) is 0 Å². The minimum atomic E-state index is -1.42. The first kappa shape index (κ1) is 21.4. The van der Waals surface area contributed by atoms with Crippen molar-refractivity contribution in [2.75, 3.05) is 7.11 Å². The molecule has 0 heterocycles. The summed E-state index contributed by atoms with van der Waals surface area (Å²) in [5.41, 5.74) is 2.20. The van der Waals surface area contributed by atoms with Crippen molar-refractivity contribution in [3.05, 3.63) is 95.6 Å². The Morgan fingerprint density at radius 3 is 1.87 bits per heavy atom. The van der Waals surface area contributed by atoms with E-state index in [0.717, 1.165) is 11.1 Å². The van der Waals surface area contributed by atoms with E-state index in [-0.39, 0.29) is 5.56 Å². The predicted octanol–water partition coefficient (Wildman–Crippen LogP) is 4.81. The number of esters is 1. The molecule has 6 heteroatoms. The van der Waals surface area contributed by atoms with Gasteiger partial charge in [-0.25, -0.2) is 4.79 Å². The second kappa shape index (κ2) is 10.5. The molecule has 5 nitrogen and oxygen atoms in total. The van der Waals surface area contributed by atoms with E-state index in [0.29, 0.717) is 24.7 Å². The van der Waals surface area contributed by atoms with Gasteiger partial charge in [0, 0.05) is 5.56 Å². The summed E-state index contributed by atoms with van der Waals surface area (Å²) in [4.78, 5) is 24.2. The van der Waals surface area contributed by atoms with Crippen molar-refractivity contribution >= 4 is 23.4 Å². The van der Waals surface area contributed by atoms with Crippen molar-refractivity contribution in [1.29, 1.82) is 0 Å². The lowest BCUT2D eigenvalue weighted by Gasteiger charge is -2.15. The number of ketones is 1. The van der Waals surface area contributed by atoms with Crippen molar-refractivity contribution in [3.63, 3.8) is 0 Å². The molecule has 0 saturated carbocycles. The number of carbonyl (C=O) groups excluding carboxylic acids is 2. The number of hydrogen-bond donors (Lipinski definition) is 0. The second-order valence-corrected chi connectivity index (χ2v) is 6.90. The maximum absolute atomic E-state index is 12.5. The molecular weight excluding hydrogens is 404 g/mol. The van der Waals surface area contributed by atoms with Crippen LogP contribution in [0.25, 0.3) is 0 Å². The molecular formula is C24H21ClO5. The van der Waals surface area contributed by atoms with Gasteiger partial charge in [0.1, 0.15) is 13.2 Å². The van der Waals surface area contributed by atoms with Crippen LogP contribution in [-0.4, -0.2) is 24.2 Å².